The molecule has 1 N–H and O–H groups in total. The van der Waals surface area contributed by atoms with E-state index >= 15 is 0 Å². The van der Waals surface area contributed by atoms with Crippen molar-refractivity contribution in [2.24, 2.45) is 11.3 Å². The van der Waals surface area contributed by atoms with Crippen LogP contribution in [0.25, 0.3) is 0 Å². The zero-order valence-corrected chi connectivity index (χ0v) is 11.3. The Hall–Kier alpha value is -0.290. The highest BCUT2D eigenvalue weighted by molar-refractivity contribution is 4.87. The van der Waals surface area contributed by atoms with E-state index in [1.54, 1.807) is 6.92 Å². The molecule has 1 aliphatic carbocycles. The van der Waals surface area contributed by atoms with Crippen molar-refractivity contribution in [2.75, 3.05) is 26.2 Å². The van der Waals surface area contributed by atoms with Crippen LogP contribution in [0, 0.1) is 11.3 Å². The fourth-order valence-corrected chi connectivity index (χ4v) is 2.75. The van der Waals surface area contributed by atoms with Gasteiger partial charge >= 0.3 is 6.18 Å². The second-order valence-corrected chi connectivity index (χ2v) is 5.76. The lowest BCUT2D eigenvalue weighted by Crippen LogP contribution is -2.45. The van der Waals surface area contributed by atoms with Gasteiger partial charge in [0.1, 0.15) is 0 Å². The molecule has 0 atom stereocenters. The Morgan fingerprint density at radius 1 is 1.28 bits per heavy atom. The second-order valence-electron chi connectivity index (χ2n) is 5.76. The van der Waals surface area contributed by atoms with Gasteiger partial charge in [-0.05, 0) is 25.3 Å². The van der Waals surface area contributed by atoms with Crippen molar-refractivity contribution in [2.45, 2.75) is 45.7 Å². The number of nitrogens with zero attached hydrogens (tertiary/aromatic N) is 1. The summed E-state index contributed by atoms with van der Waals surface area (Å²) in [6, 6.07) is 0. The third kappa shape index (κ3) is 4.76. The van der Waals surface area contributed by atoms with Crippen molar-refractivity contribution in [3.63, 3.8) is 0 Å². The Balaban J connectivity index is 2.60. The molecule has 1 fully saturated rings. The molecule has 18 heavy (non-hydrogen) atoms. The summed E-state index contributed by atoms with van der Waals surface area (Å²) in [6.45, 7) is 3.74. The quantitative estimate of drug-likeness (QED) is 0.827. The standard InChI is InChI=1S/C13H24F3NO/c1-3-17(9-13(14,15)16)8-12(10-18)6-4-11(2)5-7-12/h11,18H,3-10H2,1-2H3. The summed E-state index contributed by atoms with van der Waals surface area (Å²) in [5.74, 6) is 0.627. The number of rotatable bonds is 5. The molecule has 108 valence electrons. The Kier molecular flexibility index (Phi) is 5.46. The lowest BCUT2D eigenvalue weighted by Gasteiger charge is -2.41. The van der Waals surface area contributed by atoms with Gasteiger partial charge < -0.3 is 5.11 Å². The van der Waals surface area contributed by atoms with Gasteiger partial charge in [0.25, 0.3) is 0 Å². The van der Waals surface area contributed by atoms with Crippen molar-refractivity contribution in [1.29, 1.82) is 0 Å². The van der Waals surface area contributed by atoms with Gasteiger partial charge in [-0.15, -0.1) is 0 Å². The molecular weight excluding hydrogens is 243 g/mol. The molecule has 0 aromatic heterocycles. The van der Waals surface area contributed by atoms with Crippen molar-refractivity contribution < 1.29 is 18.3 Å². The predicted octanol–water partition coefficient (Wildman–Crippen LogP) is 3.06. The van der Waals surface area contributed by atoms with Gasteiger partial charge in [-0.1, -0.05) is 26.7 Å². The predicted molar refractivity (Wildman–Crippen MR) is 65.3 cm³/mol. The van der Waals surface area contributed by atoms with Crippen LogP contribution in [0.2, 0.25) is 0 Å². The number of halogens is 3. The minimum atomic E-state index is -4.16. The Morgan fingerprint density at radius 3 is 2.22 bits per heavy atom. The fraction of sp³-hybridized carbons (Fsp3) is 1.00. The number of hydrogen-bond donors (Lipinski definition) is 1. The highest BCUT2D eigenvalue weighted by Gasteiger charge is 2.38. The minimum Gasteiger partial charge on any atom is -0.396 e. The van der Waals surface area contributed by atoms with Crippen molar-refractivity contribution in [3.8, 4) is 0 Å². The Morgan fingerprint density at radius 2 is 1.83 bits per heavy atom. The van der Waals surface area contributed by atoms with Gasteiger partial charge in [0.15, 0.2) is 0 Å². The van der Waals surface area contributed by atoms with Crippen LogP contribution in [0.4, 0.5) is 13.2 Å². The topological polar surface area (TPSA) is 23.5 Å². The number of hydrogen-bond acceptors (Lipinski definition) is 2. The van der Waals surface area contributed by atoms with Crippen molar-refractivity contribution in [1.82, 2.24) is 4.90 Å². The molecule has 0 bridgehead atoms. The summed E-state index contributed by atoms with van der Waals surface area (Å²) in [5, 5.41) is 9.56. The molecule has 1 rings (SSSR count). The van der Waals surface area contributed by atoms with Crippen LogP contribution in [-0.2, 0) is 0 Å². The van der Waals surface area contributed by atoms with E-state index < -0.39 is 12.7 Å². The first kappa shape index (κ1) is 15.8. The average molecular weight is 267 g/mol. The van der Waals surface area contributed by atoms with Crippen LogP contribution in [0.3, 0.4) is 0 Å². The maximum atomic E-state index is 12.4. The lowest BCUT2D eigenvalue weighted by molar-refractivity contribution is -0.150. The number of aliphatic hydroxyl groups excluding tert-OH is 1. The van der Waals surface area contributed by atoms with Crippen LogP contribution in [0.15, 0.2) is 0 Å². The van der Waals surface area contributed by atoms with E-state index in [4.69, 9.17) is 0 Å². The molecule has 1 saturated carbocycles. The van der Waals surface area contributed by atoms with E-state index in [1.165, 1.54) is 4.90 Å². The molecule has 0 aromatic carbocycles. The van der Waals surface area contributed by atoms with E-state index in [0.29, 0.717) is 19.0 Å². The highest BCUT2D eigenvalue weighted by atomic mass is 19.4. The van der Waals surface area contributed by atoms with E-state index in [2.05, 4.69) is 6.92 Å². The average Bonchev–Trinajstić information content (AvgIpc) is 2.30. The summed E-state index contributed by atoms with van der Waals surface area (Å²) < 4.78 is 37.3. The summed E-state index contributed by atoms with van der Waals surface area (Å²) in [6.07, 6.45) is -0.485. The molecule has 0 radical (unpaired) electrons. The van der Waals surface area contributed by atoms with Gasteiger partial charge in [0, 0.05) is 18.6 Å². The number of aliphatic hydroxyl groups is 1. The van der Waals surface area contributed by atoms with E-state index in [0.717, 1.165) is 25.7 Å². The van der Waals surface area contributed by atoms with Gasteiger partial charge in [-0.2, -0.15) is 13.2 Å². The fourth-order valence-electron chi connectivity index (χ4n) is 2.75. The summed E-state index contributed by atoms with van der Waals surface area (Å²) in [4.78, 5) is 1.41. The van der Waals surface area contributed by atoms with Crippen molar-refractivity contribution >= 4 is 0 Å². The minimum absolute atomic E-state index is 0.00588. The second kappa shape index (κ2) is 6.24. The SMILES string of the molecule is CCN(CC(F)(F)F)CC1(CO)CCC(C)CC1. The first-order valence-corrected chi connectivity index (χ1v) is 6.70. The van der Waals surface area contributed by atoms with E-state index in [-0.39, 0.29) is 12.0 Å². The zero-order chi connectivity index (χ0) is 13.8. The molecule has 0 saturated heterocycles. The third-order valence-electron chi connectivity index (χ3n) is 4.08. The van der Waals surface area contributed by atoms with Crippen molar-refractivity contribution in [3.05, 3.63) is 0 Å². The first-order valence-electron chi connectivity index (χ1n) is 6.70. The summed E-state index contributed by atoms with van der Waals surface area (Å²) in [7, 11) is 0. The normalized spacial score (nSPS) is 29.8. The largest absolute Gasteiger partial charge is 0.401 e. The first-order chi connectivity index (χ1) is 8.30. The van der Waals surface area contributed by atoms with Gasteiger partial charge in [0.2, 0.25) is 0 Å². The zero-order valence-electron chi connectivity index (χ0n) is 11.3. The smallest absolute Gasteiger partial charge is 0.396 e. The maximum Gasteiger partial charge on any atom is 0.401 e. The van der Waals surface area contributed by atoms with Crippen LogP contribution in [-0.4, -0.2) is 42.4 Å². The van der Waals surface area contributed by atoms with Crippen LogP contribution in [0.1, 0.15) is 39.5 Å². The molecule has 0 spiro atoms. The van der Waals surface area contributed by atoms with Crippen LogP contribution < -0.4 is 0 Å². The molecule has 0 amide bonds. The molecular formula is C13H24F3NO. The third-order valence-corrected chi connectivity index (χ3v) is 4.08. The molecule has 0 heterocycles. The van der Waals surface area contributed by atoms with Gasteiger partial charge in [-0.3, -0.25) is 4.90 Å². The number of alkyl halides is 3. The maximum absolute atomic E-state index is 12.4. The van der Waals surface area contributed by atoms with Crippen LogP contribution >= 0.6 is 0 Å². The summed E-state index contributed by atoms with van der Waals surface area (Å²) >= 11 is 0. The molecule has 0 unspecified atom stereocenters. The van der Waals surface area contributed by atoms with Gasteiger partial charge in [0.05, 0.1) is 6.54 Å². The Labute approximate surface area is 107 Å². The highest BCUT2D eigenvalue weighted by Crippen LogP contribution is 2.39. The Bertz CT molecular complexity index is 247. The van der Waals surface area contributed by atoms with Gasteiger partial charge in [-0.25, -0.2) is 0 Å². The van der Waals surface area contributed by atoms with E-state index in [1.807, 2.05) is 0 Å². The molecule has 5 heteroatoms. The van der Waals surface area contributed by atoms with Crippen LogP contribution in [0.5, 0.6) is 0 Å². The molecule has 1 aliphatic rings. The van der Waals surface area contributed by atoms with E-state index in [9.17, 15) is 18.3 Å². The molecule has 0 aliphatic heterocycles. The molecule has 0 aromatic rings. The summed E-state index contributed by atoms with van der Waals surface area (Å²) in [5.41, 5.74) is -0.326. The molecule has 2 nitrogen and oxygen atoms in total. The lowest BCUT2D eigenvalue weighted by atomic mass is 9.71. The monoisotopic (exact) mass is 267 g/mol.